The van der Waals surface area contributed by atoms with E-state index in [0.29, 0.717) is 25.3 Å². The van der Waals surface area contributed by atoms with Crippen LogP contribution in [0.2, 0.25) is 0 Å². The van der Waals surface area contributed by atoms with Crippen molar-refractivity contribution in [3.63, 3.8) is 0 Å². The van der Waals surface area contributed by atoms with Crippen LogP contribution in [-0.2, 0) is 9.47 Å². The lowest BCUT2D eigenvalue weighted by molar-refractivity contribution is 0.0456. The number of ether oxygens (including phenoxy) is 2. The Morgan fingerprint density at radius 1 is 1.72 bits per heavy atom. The zero-order chi connectivity index (χ0) is 12.8. The number of methoxy groups -OCH3 is 1. The third kappa shape index (κ3) is 3.30. The van der Waals surface area contributed by atoms with Crippen molar-refractivity contribution in [2.45, 2.75) is 18.9 Å². The van der Waals surface area contributed by atoms with E-state index in [2.05, 4.69) is 10.2 Å². The Morgan fingerprint density at radius 2 is 2.61 bits per heavy atom. The second-order valence-electron chi connectivity index (χ2n) is 4.37. The maximum atomic E-state index is 12.3. The van der Waals surface area contributed by atoms with Crippen LogP contribution < -0.4 is 0 Å². The van der Waals surface area contributed by atoms with Crippen molar-refractivity contribution >= 4 is 5.91 Å². The van der Waals surface area contributed by atoms with Crippen LogP contribution in [-0.4, -0.2) is 60.5 Å². The SMILES string of the molecule is COCCN(CC1CCCO1)C(=O)c1cn[nH]c1. The van der Waals surface area contributed by atoms with Gasteiger partial charge in [-0.25, -0.2) is 0 Å². The Bertz CT molecular complexity index is 361. The van der Waals surface area contributed by atoms with E-state index in [9.17, 15) is 4.79 Å². The molecule has 1 aromatic rings. The second-order valence-corrected chi connectivity index (χ2v) is 4.37. The molecule has 18 heavy (non-hydrogen) atoms. The van der Waals surface area contributed by atoms with Crippen LogP contribution in [0.4, 0.5) is 0 Å². The van der Waals surface area contributed by atoms with Gasteiger partial charge >= 0.3 is 0 Å². The number of H-pyrrole nitrogens is 1. The molecule has 0 spiro atoms. The van der Waals surface area contributed by atoms with Crippen LogP contribution in [0, 0.1) is 0 Å². The molecule has 1 atom stereocenters. The molecule has 0 aromatic carbocycles. The number of carbonyl (C=O) groups is 1. The second kappa shape index (κ2) is 6.51. The van der Waals surface area contributed by atoms with Gasteiger partial charge in [-0.05, 0) is 12.8 Å². The fourth-order valence-electron chi connectivity index (χ4n) is 2.06. The molecule has 1 aliphatic rings. The summed E-state index contributed by atoms with van der Waals surface area (Å²) in [6, 6.07) is 0. The van der Waals surface area contributed by atoms with E-state index in [-0.39, 0.29) is 12.0 Å². The molecular weight excluding hydrogens is 234 g/mol. The summed E-state index contributed by atoms with van der Waals surface area (Å²) < 4.78 is 10.6. The van der Waals surface area contributed by atoms with E-state index in [0.717, 1.165) is 19.4 Å². The van der Waals surface area contributed by atoms with Gasteiger partial charge in [0.15, 0.2) is 0 Å². The number of nitrogens with zero attached hydrogens (tertiary/aromatic N) is 2. The van der Waals surface area contributed by atoms with Gasteiger partial charge < -0.3 is 14.4 Å². The highest BCUT2D eigenvalue weighted by molar-refractivity contribution is 5.93. The summed E-state index contributed by atoms with van der Waals surface area (Å²) in [5.74, 6) is -0.0312. The fourth-order valence-corrected chi connectivity index (χ4v) is 2.06. The first kappa shape index (κ1) is 13.0. The van der Waals surface area contributed by atoms with Crippen molar-refractivity contribution in [3.05, 3.63) is 18.0 Å². The van der Waals surface area contributed by atoms with Crippen LogP contribution >= 0.6 is 0 Å². The number of hydrogen-bond donors (Lipinski definition) is 1. The third-order valence-electron chi connectivity index (χ3n) is 3.05. The van der Waals surface area contributed by atoms with E-state index in [1.807, 2.05) is 0 Å². The average molecular weight is 253 g/mol. The number of aromatic nitrogens is 2. The third-order valence-corrected chi connectivity index (χ3v) is 3.05. The number of hydrogen-bond acceptors (Lipinski definition) is 4. The molecule has 0 bridgehead atoms. The van der Waals surface area contributed by atoms with Gasteiger partial charge in [0.05, 0.1) is 24.5 Å². The minimum atomic E-state index is -0.0312. The molecule has 100 valence electrons. The van der Waals surface area contributed by atoms with Crippen LogP contribution in [0.1, 0.15) is 23.2 Å². The Kier molecular flexibility index (Phi) is 4.72. The maximum absolute atomic E-state index is 12.3. The first-order chi connectivity index (χ1) is 8.81. The molecule has 2 heterocycles. The van der Waals surface area contributed by atoms with Crippen molar-refractivity contribution in [3.8, 4) is 0 Å². The van der Waals surface area contributed by atoms with Gasteiger partial charge in [-0.1, -0.05) is 0 Å². The lowest BCUT2D eigenvalue weighted by Crippen LogP contribution is -2.39. The molecule has 0 radical (unpaired) electrons. The molecule has 1 fully saturated rings. The van der Waals surface area contributed by atoms with E-state index < -0.39 is 0 Å². The van der Waals surface area contributed by atoms with Crippen molar-refractivity contribution in [2.75, 3.05) is 33.4 Å². The molecule has 1 N–H and O–H groups in total. The van der Waals surface area contributed by atoms with E-state index >= 15 is 0 Å². The summed E-state index contributed by atoms with van der Waals surface area (Å²) in [4.78, 5) is 14.0. The fraction of sp³-hybridized carbons (Fsp3) is 0.667. The van der Waals surface area contributed by atoms with Crippen LogP contribution in [0.15, 0.2) is 12.4 Å². The Labute approximate surface area is 106 Å². The minimum Gasteiger partial charge on any atom is -0.383 e. The molecule has 1 aromatic heterocycles. The molecular formula is C12H19N3O3. The lowest BCUT2D eigenvalue weighted by atomic mass is 10.2. The summed E-state index contributed by atoms with van der Waals surface area (Å²) in [7, 11) is 1.63. The number of nitrogens with one attached hydrogen (secondary N) is 1. The van der Waals surface area contributed by atoms with Gasteiger partial charge in [0.1, 0.15) is 0 Å². The number of amides is 1. The zero-order valence-electron chi connectivity index (χ0n) is 10.6. The van der Waals surface area contributed by atoms with Crippen molar-refractivity contribution in [1.29, 1.82) is 0 Å². The quantitative estimate of drug-likeness (QED) is 0.809. The lowest BCUT2D eigenvalue weighted by Gasteiger charge is -2.24. The van der Waals surface area contributed by atoms with Crippen LogP contribution in [0.25, 0.3) is 0 Å². The normalized spacial score (nSPS) is 19.1. The molecule has 0 aliphatic carbocycles. The Balaban J connectivity index is 1.96. The summed E-state index contributed by atoms with van der Waals surface area (Å²) in [6.07, 6.45) is 5.39. The van der Waals surface area contributed by atoms with E-state index in [4.69, 9.17) is 9.47 Å². The van der Waals surface area contributed by atoms with Crippen LogP contribution in [0.3, 0.4) is 0 Å². The van der Waals surface area contributed by atoms with Gasteiger partial charge in [-0.3, -0.25) is 9.89 Å². The smallest absolute Gasteiger partial charge is 0.257 e. The average Bonchev–Trinajstić information content (AvgIpc) is 3.06. The standard InChI is InChI=1S/C12H19N3O3/c1-17-6-4-15(9-11-3-2-5-18-11)12(16)10-7-13-14-8-10/h7-8,11H,2-6,9H2,1H3,(H,13,14). The summed E-state index contributed by atoms with van der Waals surface area (Å²) in [5, 5.41) is 6.46. The van der Waals surface area contributed by atoms with Crippen molar-refractivity contribution < 1.29 is 14.3 Å². The van der Waals surface area contributed by atoms with Gasteiger partial charge in [-0.2, -0.15) is 5.10 Å². The highest BCUT2D eigenvalue weighted by atomic mass is 16.5. The molecule has 1 aliphatic heterocycles. The predicted molar refractivity (Wildman–Crippen MR) is 65.3 cm³/mol. The van der Waals surface area contributed by atoms with Gasteiger partial charge in [-0.15, -0.1) is 0 Å². The summed E-state index contributed by atoms with van der Waals surface area (Å²) in [6.45, 7) is 2.51. The predicted octanol–water partition coefficient (Wildman–Crippen LogP) is 0.677. The number of carbonyl (C=O) groups excluding carboxylic acids is 1. The minimum absolute atomic E-state index is 0.0312. The first-order valence-electron chi connectivity index (χ1n) is 6.20. The monoisotopic (exact) mass is 253 g/mol. The molecule has 6 heteroatoms. The van der Waals surface area contributed by atoms with E-state index in [1.165, 1.54) is 6.20 Å². The topological polar surface area (TPSA) is 67.5 Å². The molecule has 1 amide bonds. The maximum Gasteiger partial charge on any atom is 0.257 e. The number of aromatic amines is 1. The Hall–Kier alpha value is -1.40. The first-order valence-corrected chi connectivity index (χ1v) is 6.20. The summed E-state index contributed by atoms with van der Waals surface area (Å²) in [5.41, 5.74) is 0.573. The number of rotatable bonds is 6. The molecule has 1 saturated heterocycles. The van der Waals surface area contributed by atoms with Crippen LogP contribution in [0.5, 0.6) is 0 Å². The molecule has 6 nitrogen and oxygen atoms in total. The largest absolute Gasteiger partial charge is 0.383 e. The highest BCUT2D eigenvalue weighted by Crippen LogP contribution is 2.14. The molecule has 1 unspecified atom stereocenters. The Morgan fingerprint density at radius 3 is 3.22 bits per heavy atom. The van der Waals surface area contributed by atoms with Gasteiger partial charge in [0.25, 0.3) is 5.91 Å². The van der Waals surface area contributed by atoms with Crippen molar-refractivity contribution in [2.24, 2.45) is 0 Å². The molecule has 2 rings (SSSR count). The van der Waals surface area contributed by atoms with E-state index in [1.54, 1.807) is 18.2 Å². The zero-order valence-corrected chi connectivity index (χ0v) is 10.6. The highest BCUT2D eigenvalue weighted by Gasteiger charge is 2.23. The molecule has 0 saturated carbocycles. The van der Waals surface area contributed by atoms with Gasteiger partial charge in [0, 0.05) is 33.0 Å². The van der Waals surface area contributed by atoms with Crippen molar-refractivity contribution in [1.82, 2.24) is 15.1 Å². The van der Waals surface area contributed by atoms with Gasteiger partial charge in [0.2, 0.25) is 0 Å². The summed E-state index contributed by atoms with van der Waals surface area (Å²) >= 11 is 0.